The normalized spacial score (nSPS) is 13.2. The zero-order valence-corrected chi connectivity index (χ0v) is 12.7. The van der Waals surface area contributed by atoms with Crippen LogP contribution in [0.4, 0.5) is 13.2 Å². The average Bonchev–Trinajstić information content (AvgIpc) is 2.49. The van der Waals surface area contributed by atoms with Crippen LogP contribution in [-0.4, -0.2) is 38.6 Å². The maximum Gasteiger partial charge on any atom is 0.409 e. The van der Waals surface area contributed by atoms with Gasteiger partial charge in [0.2, 0.25) is 0 Å². The minimum atomic E-state index is -4.46. The Morgan fingerprint density at radius 1 is 1.26 bits per heavy atom. The molecule has 4 nitrogen and oxygen atoms in total. The Kier molecular flexibility index (Phi) is 8.36. The van der Waals surface area contributed by atoms with E-state index in [0.717, 1.165) is 11.6 Å². The van der Waals surface area contributed by atoms with Crippen LogP contribution < -0.4 is 0 Å². The molecule has 1 atom stereocenters. The number of ether oxygens (including phenoxy) is 3. The molecule has 0 saturated carbocycles. The topological polar surface area (TPSA) is 44.8 Å². The fourth-order valence-corrected chi connectivity index (χ4v) is 1.70. The van der Waals surface area contributed by atoms with E-state index in [4.69, 9.17) is 9.47 Å². The van der Waals surface area contributed by atoms with Crippen molar-refractivity contribution in [3.05, 3.63) is 48.0 Å². The largest absolute Gasteiger partial charge is 0.456 e. The number of rotatable bonds is 9. The molecule has 0 fully saturated rings. The maximum absolute atomic E-state index is 12.2. The number of carbonyl (C=O) groups excluding carboxylic acids is 1. The lowest BCUT2D eigenvalue weighted by Gasteiger charge is -2.15. The first kappa shape index (κ1) is 19.2. The van der Waals surface area contributed by atoms with Crippen LogP contribution in [0.15, 0.2) is 42.5 Å². The number of hydrogen-bond acceptors (Lipinski definition) is 4. The smallest absolute Gasteiger partial charge is 0.409 e. The van der Waals surface area contributed by atoms with Crippen molar-refractivity contribution >= 4 is 5.97 Å². The molecule has 128 valence electrons. The molecular weight excluding hydrogens is 313 g/mol. The van der Waals surface area contributed by atoms with Gasteiger partial charge in [0, 0.05) is 19.6 Å². The predicted molar refractivity (Wildman–Crippen MR) is 77.7 cm³/mol. The van der Waals surface area contributed by atoms with Crippen LogP contribution in [0.5, 0.6) is 0 Å². The van der Waals surface area contributed by atoms with Gasteiger partial charge >= 0.3 is 12.1 Å². The van der Waals surface area contributed by atoms with E-state index >= 15 is 0 Å². The van der Waals surface area contributed by atoms with Crippen LogP contribution >= 0.6 is 0 Å². The van der Waals surface area contributed by atoms with Gasteiger partial charge in [-0.15, -0.1) is 0 Å². The third-order valence-corrected chi connectivity index (χ3v) is 2.70. The van der Waals surface area contributed by atoms with Crippen molar-refractivity contribution in [2.24, 2.45) is 0 Å². The lowest BCUT2D eigenvalue weighted by molar-refractivity contribution is -0.152. The van der Waals surface area contributed by atoms with Crippen molar-refractivity contribution < 1.29 is 32.2 Å². The third-order valence-electron chi connectivity index (χ3n) is 2.70. The molecule has 1 aromatic rings. The molecule has 7 heteroatoms. The van der Waals surface area contributed by atoms with Gasteiger partial charge in [0.15, 0.2) is 0 Å². The fraction of sp³-hybridized carbons (Fsp3) is 0.438. The number of esters is 1. The van der Waals surface area contributed by atoms with E-state index in [0.29, 0.717) is 6.61 Å². The van der Waals surface area contributed by atoms with Gasteiger partial charge in [-0.2, -0.15) is 13.2 Å². The first-order valence-electron chi connectivity index (χ1n) is 6.97. The Labute approximate surface area is 132 Å². The summed E-state index contributed by atoms with van der Waals surface area (Å²) in [4.78, 5) is 11.3. The number of alkyl halides is 3. The molecule has 1 unspecified atom stereocenters. The minimum absolute atomic E-state index is 0.0505. The van der Waals surface area contributed by atoms with E-state index in [-0.39, 0.29) is 25.7 Å². The Bertz CT molecular complexity index is 486. The number of halogens is 3. The van der Waals surface area contributed by atoms with Gasteiger partial charge in [-0.1, -0.05) is 30.3 Å². The second-order valence-electron chi connectivity index (χ2n) is 4.69. The molecule has 23 heavy (non-hydrogen) atoms. The predicted octanol–water partition coefficient (Wildman–Crippen LogP) is 3.27. The molecule has 0 aliphatic heterocycles. The lowest BCUT2D eigenvalue weighted by atomic mass is 10.2. The van der Waals surface area contributed by atoms with Gasteiger partial charge in [-0.25, -0.2) is 4.79 Å². The summed E-state index contributed by atoms with van der Waals surface area (Å²) in [6, 6.07) is 9.34. The molecule has 0 aromatic heterocycles. The highest BCUT2D eigenvalue weighted by atomic mass is 19.4. The Morgan fingerprint density at radius 3 is 2.57 bits per heavy atom. The quantitative estimate of drug-likeness (QED) is 0.395. The second kappa shape index (κ2) is 10.0. The van der Waals surface area contributed by atoms with Gasteiger partial charge in [-0.3, -0.25) is 0 Å². The van der Waals surface area contributed by atoms with E-state index in [1.165, 1.54) is 7.11 Å². The summed E-state index contributed by atoms with van der Waals surface area (Å²) in [5.41, 5.74) is 0.950. The summed E-state index contributed by atoms with van der Waals surface area (Å²) >= 11 is 0. The highest BCUT2D eigenvalue weighted by Crippen LogP contribution is 2.17. The summed E-state index contributed by atoms with van der Waals surface area (Å²) < 4.78 is 51.6. The van der Waals surface area contributed by atoms with Crippen LogP contribution in [0.25, 0.3) is 0 Å². The Hall–Kier alpha value is -1.86. The number of hydrogen-bond donors (Lipinski definition) is 0. The molecule has 0 spiro atoms. The van der Waals surface area contributed by atoms with Gasteiger partial charge in [0.05, 0.1) is 13.2 Å². The minimum Gasteiger partial charge on any atom is -0.456 e. The van der Waals surface area contributed by atoms with E-state index < -0.39 is 18.2 Å². The van der Waals surface area contributed by atoms with Gasteiger partial charge in [0.1, 0.15) is 12.7 Å². The number of benzene rings is 1. The first-order valence-corrected chi connectivity index (χ1v) is 6.97. The van der Waals surface area contributed by atoms with E-state index in [1.54, 1.807) is 0 Å². The summed E-state index contributed by atoms with van der Waals surface area (Å²) in [5, 5.41) is 0. The molecule has 0 aliphatic rings. The van der Waals surface area contributed by atoms with Crippen LogP contribution in [0.3, 0.4) is 0 Å². The molecule has 0 heterocycles. The lowest BCUT2D eigenvalue weighted by Crippen LogP contribution is -2.21. The van der Waals surface area contributed by atoms with E-state index in [1.807, 2.05) is 30.3 Å². The van der Waals surface area contributed by atoms with Crippen molar-refractivity contribution in [3.8, 4) is 0 Å². The Balaban J connectivity index is 2.45. The van der Waals surface area contributed by atoms with Crippen molar-refractivity contribution in [2.75, 3.05) is 20.3 Å². The highest BCUT2D eigenvalue weighted by Gasteiger charge is 2.23. The van der Waals surface area contributed by atoms with E-state index in [2.05, 4.69) is 4.74 Å². The first-order chi connectivity index (χ1) is 10.9. The SMILES string of the molecule is COCC(=O)OC(/C=C/C(F)(F)F)CCOCc1ccccc1. The Morgan fingerprint density at radius 2 is 1.96 bits per heavy atom. The van der Waals surface area contributed by atoms with Crippen molar-refractivity contribution in [2.45, 2.75) is 25.3 Å². The molecule has 0 N–H and O–H groups in total. The van der Waals surface area contributed by atoms with Gasteiger partial charge in [-0.05, 0) is 11.6 Å². The van der Waals surface area contributed by atoms with Crippen LogP contribution in [0.1, 0.15) is 12.0 Å². The monoisotopic (exact) mass is 332 g/mol. The number of allylic oxidation sites excluding steroid dienone is 1. The van der Waals surface area contributed by atoms with Crippen LogP contribution in [0, 0.1) is 0 Å². The fourth-order valence-electron chi connectivity index (χ4n) is 1.70. The summed E-state index contributed by atoms with van der Waals surface area (Å²) in [5.74, 6) is -0.729. The van der Waals surface area contributed by atoms with Gasteiger partial charge < -0.3 is 14.2 Å². The molecular formula is C16H19F3O4. The second-order valence-corrected chi connectivity index (χ2v) is 4.69. The van der Waals surface area contributed by atoms with Crippen molar-refractivity contribution in [3.63, 3.8) is 0 Å². The number of methoxy groups -OCH3 is 1. The maximum atomic E-state index is 12.2. The third kappa shape index (κ3) is 9.70. The average molecular weight is 332 g/mol. The summed E-state index contributed by atoms with van der Waals surface area (Å²) in [6.07, 6.45) is -4.50. The summed E-state index contributed by atoms with van der Waals surface area (Å²) in [6.45, 7) is 0.172. The molecule has 0 saturated heterocycles. The standard InChI is InChI=1S/C16H19F3O4/c1-21-12-15(20)23-14(7-9-16(17,18)19)8-10-22-11-13-5-3-2-4-6-13/h2-7,9,14H,8,10-12H2,1H3/b9-7+. The molecule has 0 amide bonds. The molecule has 0 radical (unpaired) electrons. The zero-order chi connectivity index (χ0) is 17.1. The van der Waals surface area contributed by atoms with Crippen molar-refractivity contribution in [1.82, 2.24) is 0 Å². The van der Waals surface area contributed by atoms with Crippen LogP contribution in [-0.2, 0) is 25.6 Å². The molecule has 1 rings (SSSR count). The number of carbonyl (C=O) groups is 1. The van der Waals surface area contributed by atoms with Gasteiger partial charge in [0.25, 0.3) is 0 Å². The summed E-state index contributed by atoms with van der Waals surface area (Å²) in [7, 11) is 1.30. The van der Waals surface area contributed by atoms with Crippen LogP contribution in [0.2, 0.25) is 0 Å². The van der Waals surface area contributed by atoms with E-state index in [9.17, 15) is 18.0 Å². The zero-order valence-electron chi connectivity index (χ0n) is 12.7. The molecule has 1 aromatic carbocycles. The van der Waals surface area contributed by atoms with Crippen molar-refractivity contribution in [1.29, 1.82) is 0 Å². The molecule has 0 bridgehead atoms. The molecule has 0 aliphatic carbocycles. The highest BCUT2D eigenvalue weighted by molar-refractivity contribution is 5.71.